The number of benzene rings is 2. The average molecular weight is 363 g/mol. The predicted octanol–water partition coefficient (Wildman–Crippen LogP) is 3.66. The van der Waals surface area contributed by atoms with E-state index in [1.807, 2.05) is 35.9 Å². The van der Waals surface area contributed by atoms with Crippen molar-refractivity contribution in [2.45, 2.75) is 13.5 Å². The summed E-state index contributed by atoms with van der Waals surface area (Å²) < 4.78 is 12.5. The topological polar surface area (TPSA) is 81.7 Å². The molecule has 4 rings (SSSR count). The van der Waals surface area contributed by atoms with Crippen LogP contribution in [0.1, 0.15) is 21.5 Å². The molecular formula is C21H17NO5. The van der Waals surface area contributed by atoms with Crippen molar-refractivity contribution in [2.75, 3.05) is 0 Å². The number of esters is 1. The van der Waals surface area contributed by atoms with Gasteiger partial charge < -0.3 is 18.8 Å². The summed E-state index contributed by atoms with van der Waals surface area (Å²) >= 11 is 0. The Hall–Kier alpha value is -3.54. The summed E-state index contributed by atoms with van der Waals surface area (Å²) in [6, 6.07) is 12.0. The quantitative estimate of drug-likeness (QED) is 0.444. The van der Waals surface area contributed by atoms with E-state index in [9.17, 15) is 14.7 Å². The fourth-order valence-corrected chi connectivity index (χ4v) is 3.26. The highest BCUT2D eigenvalue weighted by atomic mass is 16.5. The maximum absolute atomic E-state index is 12.6. The standard InChI is InChI=1S/C21H17NO5/c1-12-18(23)8-7-14-13(9-19(24)27-20(12)14)11-26-21(25)16-10-22(2)17-6-4-3-5-15(16)17/h3-10,23H,11H2,1-2H3. The van der Waals surface area contributed by atoms with E-state index in [0.717, 1.165) is 10.9 Å². The van der Waals surface area contributed by atoms with Crippen molar-refractivity contribution in [1.82, 2.24) is 4.57 Å². The number of para-hydroxylation sites is 1. The van der Waals surface area contributed by atoms with Crippen molar-refractivity contribution >= 4 is 27.8 Å². The third kappa shape index (κ3) is 2.85. The Morgan fingerprint density at radius 3 is 2.78 bits per heavy atom. The lowest BCUT2D eigenvalue weighted by Gasteiger charge is -2.09. The molecule has 1 N–H and O–H groups in total. The molecule has 0 unspecified atom stereocenters. The Kier molecular flexibility index (Phi) is 3.96. The average Bonchev–Trinajstić information content (AvgIpc) is 3.00. The molecule has 0 amide bonds. The summed E-state index contributed by atoms with van der Waals surface area (Å²) in [6.07, 6.45) is 1.73. The van der Waals surface area contributed by atoms with E-state index in [-0.39, 0.29) is 12.4 Å². The van der Waals surface area contributed by atoms with Crippen LogP contribution >= 0.6 is 0 Å². The zero-order valence-electron chi connectivity index (χ0n) is 14.9. The Bertz CT molecular complexity index is 1250. The fourth-order valence-electron chi connectivity index (χ4n) is 3.26. The normalized spacial score (nSPS) is 11.2. The molecule has 0 atom stereocenters. The monoisotopic (exact) mass is 363 g/mol. The number of carbonyl (C=O) groups excluding carboxylic acids is 1. The highest BCUT2D eigenvalue weighted by Gasteiger charge is 2.17. The molecule has 0 bridgehead atoms. The van der Waals surface area contributed by atoms with Crippen LogP contribution in [0.2, 0.25) is 0 Å². The van der Waals surface area contributed by atoms with Gasteiger partial charge in [-0.15, -0.1) is 0 Å². The molecular weight excluding hydrogens is 346 g/mol. The number of hydrogen-bond donors (Lipinski definition) is 1. The van der Waals surface area contributed by atoms with E-state index in [0.29, 0.717) is 27.7 Å². The van der Waals surface area contributed by atoms with Crippen molar-refractivity contribution < 1.29 is 19.1 Å². The largest absolute Gasteiger partial charge is 0.508 e. The zero-order chi connectivity index (χ0) is 19.1. The highest BCUT2D eigenvalue weighted by molar-refractivity contribution is 6.04. The van der Waals surface area contributed by atoms with Gasteiger partial charge in [-0.3, -0.25) is 0 Å². The van der Waals surface area contributed by atoms with Gasteiger partial charge in [0.2, 0.25) is 0 Å². The molecule has 4 aromatic rings. The van der Waals surface area contributed by atoms with Crippen LogP contribution in [-0.2, 0) is 18.4 Å². The number of nitrogens with zero attached hydrogens (tertiary/aromatic N) is 1. The lowest BCUT2D eigenvalue weighted by molar-refractivity contribution is 0.0476. The van der Waals surface area contributed by atoms with Crippen LogP contribution in [0, 0.1) is 6.92 Å². The number of rotatable bonds is 3. The Labute approximate surface area is 154 Å². The number of aryl methyl sites for hydroxylation is 2. The first-order valence-electron chi connectivity index (χ1n) is 8.42. The lowest BCUT2D eigenvalue weighted by atomic mass is 10.1. The van der Waals surface area contributed by atoms with Crippen LogP contribution in [0.4, 0.5) is 0 Å². The molecule has 136 valence electrons. The van der Waals surface area contributed by atoms with Crippen LogP contribution in [0.3, 0.4) is 0 Å². The smallest absolute Gasteiger partial charge is 0.340 e. The van der Waals surface area contributed by atoms with Crippen molar-refractivity contribution in [3.63, 3.8) is 0 Å². The molecule has 2 heterocycles. The van der Waals surface area contributed by atoms with Gasteiger partial charge in [-0.25, -0.2) is 9.59 Å². The van der Waals surface area contributed by atoms with Crippen LogP contribution in [0.15, 0.2) is 57.9 Å². The van der Waals surface area contributed by atoms with E-state index >= 15 is 0 Å². The van der Waals surface area contributed by atoms with Crippen LogP contribution in [-0.4, -0.2) is 15.6 Å². The minimum Gasteiger partial charge on any atom is -0.508 e. The highest BCUT2D eigenvalue weighted by Crippen LogP contribution is 2.28. The molecule has 0 fully saturated rings. The van der Waals surface area contributed by atoms with Gasteiger partial charge in [0.05, 0.1) is 5.56 Å². The van der Waals surface area contributed by atoms with Gasteiger partial charge in [-0.05, 0) is 25.1 Å². The van der Waals surface area contributed by atoms with E-state index in [1.165, 1.54) is 12.1 Å². The van der Waals surface area contributed by atoms with Crippen LogP contribution < -0.4 is 5.63 Å². The van der Waals surface area contributed by atoms with Gasteiger partial charge in [0.25, 0.3) is 0 Å². The molecule has 27 heavy (non-hydrogen) atoms. The van der Waals surface area contributed by atoms with Crippen molar-refractivity contribution in [3.8, 4) is 5.75 Å². The van der Waals surface area contributed by atoms with E-state index in [4.69, 9.17) is 9.15 Å². The van der Waals surface area contributed by atoms with E-state index in [1.54, 1.807) is 19.2 Å². The van der Waals surface area contributed by atoms with Crippen LogP contribution in [0.25, 0.3) is 21.9 Å². The second-order valence-electron chi connectivity index (χ2n) is 6.42. The van der Waals surface area contributed by atoms with Gasteiger partial charge >= 0.3 is 11.6 Å². The number of hydrogen-bond acceptors (Lipinski definition) is 5. The molecule has 0 saturated carbocycles. The van der Waals surface area contributed by atoms with Gasteiger partial charge in [-0.1, -0.05) is 18.2 Å². The fraction of sp³-hybridized carbons (Fsp3) is 0.143. The molecule has 2 aromatic heterocycles. The summed E-state index contributed by atoms with van der Waals surface area (Å²) in [5, 5.41) is 11.2. The first-order chi connectivity index (χ1) is 13.0. The summed E-state index contributed by atoms with van der Waals surface area (Å²) in [6.45, 7) is 1.58. The molecule has 0 aliphatic carbocycles. The third-order valence-electron chi connectivity index (χ3n) is 4.69. The number of fused-ring (bicyclic) bond motifs is 2. The Balaban J connectivity index is 1.68. The first-order valence-corrected chi connectivity index (χ1v) is 8.42. The minimum absolute atomic E-state index is 0.0375. The van der Waals surface area contributed by atoms with Crippen LogP contribution in [0.5, 0.6) is 5.75 Å². The Morgan fingerprint density at radius 1 is 1.19 bits per heavy atom. The molecule has 6 nitrogen and oxygen atoms in total. The molecule has 0 aliphatic rings. The number of aromatic hydroxyl groups is 1. The number of phenolic OH excluding ortho intramolecular Hbond substituents is 1. The predicted molar refractivity (Wildman–Crippen MR) is 101 cm³/mol. The summed E-state index contributed by atoms with van der Waals surface area (Å²) in [7, 11) is 1.87. The summed E-state index contributed by atoms with van der Waals surface area (Å²) in [5.74, 6) is -0.431. The minimum atomic E-state index is -0.563. The molecule has 6 heteroatoms. The number of phenols is 1. The molecule has 0 spiro atoms. The third-order valence-corrected chi connectivity index (χ3v) is 4.69. The molecule has 0 aliphatic heterocycles. The maximum Gasteiger partial charge on any atom is 0.340 e. The van der Waals surface area contributed by atoms with Crippen molar-refractivity contribution in [1.29, 1.82) is 0 Å². The second-order valence-corrected chi connectivity index (χ2v) is 6.42. The molecule has 0 radical (unpaired) electrons. The van der Waals surface area contributed by atoms with Crippen molar-refractivity contribution in [3.05, 3.63) is 75.8 Å². The summed E-state index contributed by atoms with van der Waals surface area (Å²) in [5.41, 5.74) is 2.12. The molecule has 0 saturated heterocycles. The Morgan fingerprint density at radius 2 is 1.96 bits per heavy atom. The van der Waals surface area contributed by atoms with Gasteiger partial charge in [0.15, 0.2) is 0 Å². The van der Waals surface area contributed by atoms with E-state index < -0.39 is 11.6 Å². The van der Waals surface area contributed by atoms with Gasteiger partial charge in [0.1, 0.15) is 17.9 Å². The second kappa shape index (κ2) is 6.32. The van der Waals surface area contributed by atoms with Gasteiger partial charge in [-0.2, -0.15) is 0 Å². The zero-order valence-corrected chi connectivity index (χ0v) is 14.9. The van der Waals surface area contributed by atoms with Crippen molar-refractivity contribution in [2.24, 2.45) is 7.05 Å². The number of ether oxygens (including phenoxy) is 1. The molecule has 2 aromatic carbocycles. The first kappa shape index (κ1) is 16.9. The lowest BCUT2D eigenvalue weighted by Crippen LogP contribution is -2.08. The SMILES string of the molecule is Cc1c(O)ccc2c(COC(=O)c3cn(C)c4ccccc34)cc(=O)oc12. The number of aromatic nitrogens is 1. The maximum atomic E-state index is 12.6. The number of carbonyl (C=O) groups is 1. The summed E-state index contributed by atoms with van der Waals surface area (Å²) in [4.78, 5) is 24.5. The van der Waals surface area contributed by atoms with E-state index in [2.05, 4.69) is 0 Å². The van der Waals surface area contributed by atoms with Gasteiger partial charge in [0, 0.05) is 46.7 Å².